The number of rotatable bonds is 6. The number of aromatic nitrogens is 4. The molecule has 1 saturated carbocycles. The van der Waals surface area contributed by atoms with Crippen molar-refractivity contribution in [3.63, 3.8) is 0 Å². The van der Waals surface area contributed by atoms with Gasteiger partial charge in [-0.15, -0.1) is 0 Å². The summed E-state index contributed by atoms with van der Waals surface area (Å²) in [5, 5.41) is 4.18. The molecule has 0 unspecified atom stereocenters. The highest BCUT2D eigenvalue weighted by molar-refractivity contribution is 5.97. The molecule has 10 nitrogen and oxygen atoms in total. The molecule has 39 heavy (non-hydrogen) atoms. The van der Waals surface area contributed by atoms with Gasteiger partial charge in [0.05, 0.1) is 11.9 Å². The molecule has 2 saturated heterocycles. The molecule has 1 N–H and O–H groups in total. The van der Waals surface area contributed by atoms with Gasteiger partial charge in [-0.2, -0.15) is 4.98 Å². The summed E-state index contributed by atoms with van der Waals surface area (Å²) < 4.78 is 2.14. The lowest BCUT2D eigenvalue weighted by molar-refractivity contribution is 0.0815. The maximum atomic E-state index is 13.0. The maximum Gasteiger partial charge on any atom is 0.270 e. The molecule has 0 radical (unpaired) electrons. The van der Waals surface area contributed by atoms with E-state index in [0.29, 0.717) is 23.5 Å². The number of carbonyl (C=O) groups is 1. The van der Waals surface area contributed by atoms with Gasteiger partial charge in [0.25, 0.3) is 5.91 Å². The van der Waals surface area contributed by atoms with Crippen LogP contribution < -0.4 is 10.2 Å². The molecule has 0 atom stereocenters. The summed E-state index contributed by atoms with van der Waals surface area (Å²) in [7, 11) is 5.81. The molecular formula is C29H41N9O. The normalized spacial score (nSPS) is 20.1. The van der Waals surface area contributed by atoms with E-state index >= 15 is 0 Å². The summed E-state index contributed by atoms with van der Waals surface area (Å²) in [6, 6.07) is 7.09. The van der Waals surface area contributed by atoms with E-state index in [1.807, 2.05) is 18.3 Å². The lowest BCUT2D eigenvalue weighted by Crippen LogP contribution is -2.53. The Morgan fingerprint density at radius 2 is 1.67 bits per heavy atom. The van der Waals surface area contributed by atoms with E-state index in [0.717, 1.165) is 61.8 Å². The Bertz CT molecular complexity index is 1280. The number of piperazine rings is 1. The molecule has 3 aromatic rings. The highest BCUT2D eigenvalue weighted by Gasteiger charge is 2.28. The number of amides is 1. The Morgan fingerprint density at radius 1 is 0.923 bits per heavy atom. The molecule has 3 aliphatic rings. The number of piperidine rings is 1. The molecule has 1 amide bonds. The SMILES string of the molecule is CN1CCC(N2CCN(c3ccc(Nc4ncc5cc(C(=O)N(C)C)n(C6CCCC6)c5n4)nc3)CC2)CC1. The Labute approximate surface area is 231 Å². The number of anilines is 3. The second kappa shape index (κ2) is 11.1. The third-order valence-electron chi connectivity index (χ3n) is 8.76. The van der Waals surface area contributed by atoms with Crippen molar-refractivity contribution >= 4 is 34.4 Å². The summed E-state index contributed by atoms with van der Waals surface area (Å²) in [6.45, 7) is 6.71. The number of pyridine rings is 1. The monoisotopic (exact) mass is 531 g/mol. The molecule has 10 heteroatoms. The van der Waals surface area contributed by atoms with E-state index in [4.69, 9.17) is 4.98 Å². The average molecular weight is 532 g/mol. The van der Waals surface area contributed by atoms with Gasteiger partial charge in [0.1, 0.15) is 17.2 Å². The van der Waals surface area contributed by atoms with Crippen molar-refractivity contribution in [2.24, 2.45) is 0 Å². The van der Waals surface area contributed by atoms with E-state index in [9.17, 15) is 4.79 Å². The zero-order valence-corrected chi connectivity index (χ0v) is 23.5. The first-order chi connectivity index (χ1) is 19.0. The number of nitrogens with zero attached hydrogens (tertiary/aromatic N) is 8. The topological polar surface area (TPSA) is 85.7 Å². The van der Waals surface area contributed by atoms with E-state index in [2.05, 4.69) is 47.7 Å². The first-order valence-corrected chi connectivity index (χ1v) is 14.5. The molecule has 0 bridgehead atoms. The van der Waals surface area contributed by atoms with Crippen molar-refractivity contribution in [2.75, 3.05) is 70.6 Å². The van der Waals surface area contributed by atoms with E-state index in [-0.39, 0.29) is 5.91 Å². The Hall–Kier alpha value is -3.24. The lowest BCUT2D eigenvalue weighted by Gasteiger charge is -2.42. The summed E-state index contributed by atoms with van der Waals surface area (Å²) in [6.07, 6.45) is 10.8. The van der Waals surface area contributed by atoms with Crippen molar-refractivity contribution in [2.45, 2.75) is 50.6 Å². The fourth-order valence-corrected chi connectivity index (χ4v) is 6.46. The molecular weight excluding hydrogens is 490 g/mol. The van der Waals surface area contributed by atoms with Gasteiger partial charge in [-0.05, 0) is 64.0 Å². The van der Waals surface area contributed by atoms with Crippen LogP contribution in [0.4, 0.5) is 17.5 Å². The Kier molecular flexibility index (Phi) is 7.40. The van der Waals surface area contributed by atoms with Gasteiger partial charge >= 0.3 is 0 Å². The van der Waals surface area contributed by atoms with Gasteiger partial charge in [0.15, 0.2) is 0 Å². The standard InChI is InChI=1S/C29H41N9O/c1-34(2)28(39)25-18-21-19-31-29(33-27(21)38(25)23-6-4-5-7-23)32-26-9-8-24(20-30-26)37-16-14-36(15-17-37)22-10-12-35(3)13-11-22/h8-9,18-20,22-23H,4-7,10-17H2,1-3H3,(H,30,31,32,33). The van der Waals surface area contributed by atoms with Crippen molar-refractivity contribution in [3.05, 3.63) is 36.3 Å². The van der Waals surface area contributed by atoms with Crippen LogP contribution >= 0.6 is 0 Å². The number of nitrogens with one attached hydrogen (secondary N) is 1. The van der Waals surface area contributed by atoms with Gasteiger partial charge in [-0.1, -0.05) is 12.8 Å². The van der Waals surface area contributed by atoms with E-state index in [1.54, 1.807) is 25.2 Å². The molecule has 3 aromatic heterocycles. The average Bonchev–Trinajstić information content (AvgIpc) is 3.61. The number of carbonyl (C=O) groups excluding carboxylic acids is 1. The Balaban J connectivity index is 1.14. The highest BCUT2D eigenvalue weighted by atomic mass is 16.2. The second-order valence-corrected chi connectivity index (χ2v) is 11.6. The van der Waals surface area contributed by atoms with Crippen molar-refractivity contribution in [3.8, 4) is 0 Å². The van der Waals surface area contributed by atoms with Gasteiger partial charge in [0.2, 0.25) is 5.95 Å². The molecule has 2 aliphatic heterocycles. The second-order valence-electron chi connectivity index (χ2n) is 11.6. The predicted molar refractivity (Wildman–Crippen MR) is 155 cm³/mol. The molecule has 208 valence electrons. The lowest BCUT2D eigenvalue weighted by atomic mass is 10.0. The summed E-state index contributed by atoms with van der Waals surface area (Å²) in [5.41, 5.74) is 2.65. The zero-order chi connectivity index (χ0) is 26.9. The maximum absolute atomic E-state index is 13.0. The zero-order valence-electron chi connectivity index (χ0n) is 23.5. The quantitative estimate of drug-likeness (QED) is 0.517. The van der Waals surface area contributed by atoms with Crippen LogP contribution in [0.2, 0.25) is 0 Å². The molecule has 1 aliphatic carbocycles. The summed E-state index contributed by atoms with van der Waals surface area (Å²) in [5.74, 6) is 1.21. The fourth-order valence-electron chi connectivity index (χ4n) is 6.46. The van der Waals surface area contributed by atoms with Crippen LogP contribution in [-0.2, 0) is 0 Å². The third-order valence-corrected chi connectivity index (χ3v) is 8.76. The van der Waals surface area contributed by atoms with Crippen molar-refractivity contribution < 1.29 is 4.79 Å². The minimum Gasteiger partial charge on any atom is -0.368 e. The Morgan fingerprint density at radius 3 is 2.33 bits per heavy atom. The van der Waals surface area contributed by atoms with Crippen LogP contribution in [-0.4, -0.2) is 107 Å². The van der Waals surface area contributed by atoms with Crippen LogP contribution in [0.3, 0.4) is 0 Å². The number of likely N-dealkylation sites (tertiary alicyclic amines) is 1. The van der Waals surface area contributed by atoms with Crippen LogP contribution in [0.15, 0.2) is 30.6 Å². The van der Waals surface area contributed by atoms with Crippen LogP contribution in [0, 0.1) is 0 Å². The van der Waals surface area contributed by atoms with Gasteiger partial charge < -0.3 is 24.6 Å². The minimum atomic E-state index is -0.00107. The van der Waals surface area contributed by atoms with Crippen LogP contribution in [0.25, 0.3) is 11.0 Å². The van der Waals surface area contributed by atoms with Crippen LogP contribution in [0.5, 0.6) is 0 Å². The third kappa shape index (κ3) is 5.45. The van der Waals surface area contributed by atoms with Gasteiger partial charge in [-0.3, -0.25) is 9.69 Å². The van der Waals surface area contributed by atoms with Gasteiger partial charge in [-0.25, -0.2) is 9.97 Å². The first-order valence-electron chi connectivity index (χ1n) is 14.5. The minimum absolute atomic E-state index is 0.00107. The van der Waals surface area contributed by atoms with Gasteiger partial charge in [0, 0.05) is 63.9 Å². The molecule has 6 rings (SSSR count). The first kappa shape index (κ1) is 26.0. The fraction of sp³-hybridized carbons (Fsp3) is 0.586. The molecule has 0 spiro atoms. The molecule has 3 fully saturated rings. The summed E-state index contributed by atoms with van der Waals surface area (Å²) >= 11 is 0. The van der Waals surface area contributed by atoms with E-state index in [1.165, 1.54) is 38.8 Å². The van der Waals surface area contributed by atoms with Crippen molar-refractivity contribution in [1.29, 1.82) is 0 Å². The number of fused-ring (bicyclic) bond motifs is 1. The highest BCUT2D eigenvalue weighted by Crippen LogP contribution is 2.35. The summed E-state index contributed by atoms with van der Waals surface area (Å²) in [4.78, 5) is 36.2. The predicted octanol–water partition coefficient (Wildman–Crippen LogP) is 3.60. The number of hydrogen-bond acceptors (Lipinski definition) is 8. The largest absolute Gasteiger partial charge is 0.368 e. The smallest absolute Gasteiger partial charge is 0.270 e. The van der Waals surface area contributed by atoms with Crippen molar-refractivity contribution in [1.82, 2.24) is 34.2 Å². The molecule has 5 heterocycles. The molecule has 0 aromatic carbocycles. The number of hydrogen-bond donors (Lipinski definition) is 1. The van der Waals surface area contributed by atoms with E-state index < -0.39 is 0 Å². The van der Waals surface area contributed by atoms with Crippen LogP contribution in [0.1, 0.15) is 55.1 Å².